The van der Waals surface area contributed by atoms with Gasteiger partial charge in [-0.1, -0.05) is 19.4 Å². The number of carboxylic acids is 1. The molecular weight excluding hydrogens is 416 g/mol. The Balaban J connectivity index is 1.49. The van der Waals surface area contributed by atoms with Crippen LogP contribution in [0.3, 0.4) is 0 Å². The molecule has 2 aromatic heterocycles. The number of unbranched alkanes of at least 4 members (excludes halogenated alkanes) is 1. The summed E-state index contributed by atoms with van der Waals surface area (Å²) < 4.78 is 2.43. The molecule has 4 saturated carbocycles. The van der Waals surface area contributed by atoms with Crippen LogP contribution in [-0.4, -0.2) is 20.6 Å². The number of imidazole rings is 1. The Labute approximate surface area is 195 Å². The van der Waals surface area contributed by atoms with Crippen molar-refractivity contribution in [3.05, 3.63) is 45.7 Å². The number of hydrogen-bond donors (Lipinski definition) is 1. The van der Waals surface area contributed by atoms with Gasteiger partial charge in [-0.25, -0.2) is 9.78 Å². The number of aromatic nitrogens is 2. The van der Waals surface area contributed by atoms with Crippen molar-refractivity contribution in [1.29, 1.82) is 0 Å². The molecule has 1 atom stereocenters. The lowest BCUT2D eigenvalue weighted by Crippen LogP contribution is -2.47. The Kier molecular flexibility index (Phi) is 6.28. The number of carboxylic acid groups (broad SMARTS) is 1. The Morgan fingerprint density at radius 3 is 2.56 bits per heavy atom. The molecule has 1 unspecified atom stereocenters. The highest BCUT2D eigenvalue weighted by atomic mass is 32.1. The molecule has 4 fully saturated rings. The third-order valence-corrected chi connectivity index (χ3v) is 9.34. The number of thiophene rings is 1. The quantitative estimate of drug-likeness (QED) is 0.434. The van der Waals surface area contributed by atoms with Crippen molar-refractivity contribution < 1.29 is 9.90 Å². The SMILES string of the molecule is CCCCc1ncc(C=C(Cc2cccs2)C(=O)O)n1C(C)C1C2CC3CC(C2)CC1C3. The summed E-state index contributed by atoms with van der Waals surface area (Å²) in [6.45, 7) is 4.61. The van der Waals surface area contributed by atoms with Gasteiger partial charge in [0.2, 0.25) is 0 Å². The van der Waals surface area contributed by atoms with Gasteiger partial charge in [0, 0.05) is 29.3 Å². The second-order valence-corrected chi connectivity index (χ2v) is 11.6. The zero-order valence-corrected chi connectivity index (χ0v) is 20.2. The summed E-state index contributed by atoms with van der Waals surface area (Å²) in [5, 5.41) is 11.9. The molecule has 4 nitrogen and oxygen atoms in total. The first kappa shape index (κ1) is 21.9. The molecule has 0 saturated heterocycles. The van der Waals surface area contributed by atoms with E-state index in [-0.39, 0.29) is 0 Å². The van der Waals surface area contributed by atoms with Gasteiger partial charge in [-0.15, -0.1) is 11.3 Å². The largest absolute Gasteiger partial charge is 0.478 e. The van der Waals surface area contributed by atoms with Crippen molar-refractivity contribution in [3.8, 4) is 0 Å². The van der Waals surface area contributed by atoms with Crippen LogP contribution in [0, 0.1) is 29.6 Å². The van der Waals surface area contributed by atoms with Gasteiger partial charge in [-0.05, 0) is 92.6 Å². The minimum absolute atomic E-state index is 0.377. The molecule has 0 aliphatic heterocycles. The molecule has 4 aliphatic carbocycles. The van der Waals surface area contributed by atoms with Crippen molar-refractivity contribution in [1.82, 2.24) is 9.55 Å². The molecule has 2 heterocycles. The van der Waals surface area contributed by atoms with E-state index in [2.05, 4.69) is 18.4 Å². The lowest BCUT2D eigenvalue weighted by Gasteiger charge is -2.56. The predicted octanol–water partition coefficient (Wildman–Crippen LogP) is 6.63. The standard InChI is InChI=1S/C27H36N2O2S/c1-3-4-7-25-28-16-23(14-22(27(30)31)15-24-6-5-8-32-24)29(25)17(2)26-20-10-18-9-19(12-20)13-21(26)11-18/h5-6,8,14,16-21,26H,3-4,7,9-13,15H2,1-2H3,(H,30,31). The van der Waals surface area contributed by atoms with Crippen molar-refractivity contribution in [2.24, 2.45) is 29.6 Å². The van der Waals surface area contributed by atoms with Crippen LogP contribution in [0.1, 0.15) is 81.2 Å². The molecule has 1 N–H and O–H groups in total. The van der Waals surface area contributed by atoms with E-state index in [9.17, 15) is 9.90 Å². The van der Waals surface area contributed by atoms with Crippen LogP contribution >= 0.6 is 11.3 Å². The Morgan fingerprint density at radius 1 is 1.25 bits per heavy atom. The summed E-state index contributed by atoms with van der Waals surface area (Å²) in [5.41, 5.74) is 1.43. The van der Waals surface area contributed by atoms with Crippen LogP contribution in [0.5, 0.6) is 0 Å². The number of aliphatic carboxylic acids is 1. The van der Waals surface area contributed by atoms with Gasteiger partial charge < -0.3 is 9.67 Å². The number of rotatable bonds is 9. The third kappa shape index (κ3) is 4.21. The molecule has 2 aromatic rings. The van der Waals surface area contributed by atoms with E-state index >= 15 is 0 Å². The minimum Gasteiger partial charge on any atom is -0.478 e. The van der Waals surface area contributed by atoms with E-state index in [0.29, 0.717) is 24.0 Å². The lowest BCUT2D eigenvalue weighted by molar-refractivity contribution is -0.132. The smallest absolute Gasteiger partial charge is 0.332 e. The Bertz CT molecular complexity index is 946. The monoisotopic (exact) mass is 452 g/mol. The summed E-state index contributed by atoms with van der Waals surface area (Å²) >= 11 is 1.62. The van der Waals surface area contributed by atoms with Crippen LogP contribution in [0.25, 0.3) is 6.08 Å². The summed E-state index contributed by atoms with van der Waals surface area (Å²) in [6.07, 6.45) is 14.6. The maximum atomic E-state index is 12.1. The number of carbonyl (C=O) groups is 1. The highest BCUT2D eigenvalue weighted by Gasteiger charge is 2.50. The minimum atomic E-state index is -0.830. The molecule has 4 bridgehead atoms. The van der Waals surface area contributed by atoms with Gasteiger partial charge in [0.15, 0.2) is 0 Å². The van der Waals surface area contributed by atoms with Crippen molar-refractivity contribution in [2.45, 2.75) is 77.7 Å². The molecule has 0 spiro atoms. The molecule has 32 heavy (non-hydrogen) atoms. The third-order valence-electron chi connectivity index (χ3n) is 8.46. The van der Waals surface area contributed by atoms with E-state index in [1.54, 1.807) is 11.3 Å². The summed E-state index contributed by atoms with van der Waals surface area (Å²) in [5.74, 6) is 4.62. The summed E-state index contributed by atoms with van der Waals surface area (Å²) in [4.78, 5) is 18.0. The summed E-state index contributed by atoms with van der Waals surface area (Å²) in [7, 11) is 0. The van der Waals surface area contributed by atoms with Gasteiger partial charge in [-0.2, -0.15) is 0 Å². The van der Waals surface area contributed by atoms with E-state index in [4.69, 9.17) is 4.98 Å². The molecule has 0 amide bonds. The van der Waals surface area contributed by atoms with Crippen LogP contribution in [0.4, 0.5) is 0 Å². The fourth-order valence-electron chi connectivity index (χ4n) is 7.41. The lowest BCUT2D eigenvalue weighted by atomic mass is 9.50. The zero-order chi connectivity index (χ0) is 22.2. The number of aryl methyl sites for hydroxylation is 1. The maximum Gasteiger partial charge on any atom is 0.332 e. The van der Waals surface area contributed by atoms with Gasteiger partial charge in [-0.3, -0.25) is 0 Å². The first-order chi connectivity index (χ1) is 15.5. The van der Waals surface area contributed by atoms with Crippen molar-refractivity contribution in [2.75, 3.05) is 0 Å². The average Bonchev–Trinajstić information content (AvgIpc) is 3.40. The predicted molar refractivity (Wildman–Crippen MR) is 130 cm³/mol. The fourth-order valence-corrected chi connectivity index (χ4v) is 8.13. The van der Waals surface area contributed by atoms with E-state index in [0.717, 1.165) is 59.3 Å². The van der Waals surface area contributed by atoms with Crippen molar-refractivity contribution in [3.63, 3.8) is 0 Å². The summed E-state index contributed by atoms with van der Waals surface area (Å²) in [6, 6.07) is 4.38. The molecule has 0 radical (unpaired) electrons. The average molecular weight is 453 g/mol. The van der Waals surface area contributed by atoms with Gasteiger partial charge in [0.05, 0.1) is 11.9 Å². The van der Waals surface area contributed by atoms with E-state index < -0.39 is 5.97 Å². The topological polar surface area (TPSA) is 55.1 Å². The van der Waals surface area contributed by atoms with Crippen LogP contribution < -0.4 is 0 Å². The first-order valence-corrected chi connectivity index (χ1v) is 13.4. The first-order valence-electron chi connectivity index (χ1n) is 12.6. The van der Waals surface area contributed by atoms with Crippen molar-refractivity contribution >= 4 is 23.4 Å². The molecule has 4 aliphatic rings. The Morgan fingerprint density at radius 2 is 1.97 bits per heavy atom. The second-order valence-electron chi connectivity index (χ2n) is 10.6. The second kappa shape index (κ2) is 9.17. The van der Waals surface area contributed by atoms with Crippen LogP contribution in [-0.2, 0) is 17.6 Å². The Hall–Kier alpha value is -1.88. The van der Waals surface area contributed by atoms with Gasteiger partial charge in [0.25, 0.3) is 0 Å². The van der Waals surface area contributed by atoms with E-state index in [1.807, 2.05) is 29.8 Å². The zero-order valence-electron chi connectivity index (χ0n) is 19.4. The molecule has 5 heteroatoms. The van der Waals surface area contributed by atoms with Gasteiger partial charge in [0.1, 0.15) is 5.82 Å². The fraction of sp³-hybridized carbons (Fsp3) is 0.630. The number of hydrogen-bond acceptors (Lipinski definition) is 3. The normalized spacial score (nSPS) is 30.1. The highest BCUT2D eigenvalue weighted by molar-refractivity contribution is 7.09. The van der Waals surface area contributed by atoms with Gasteiger partial charge >= 0.3 is 5.97 Å². The highest BCUT2D eigenvalue weighted by Crippen LogP contribution is 2.59. The molecule has 172 valence electrons. The molecular formula is C27H36N2O2S. The molecule has 0 aromatic carbocycles. The maximum absolute atomic E-state index is 12.1. The van der Waals surface area contributed by atoms with Crippen LogP contribution in [0.15, 0.2) is 29.3 Å². The molecule has 6 rings (SSSR count). The number of nitrogens with zero attached hydrogens (tertiary/aromatic N) is 2. The van der Waals surface area contributed by atoms with Crippen LogP contribution in [0.2, 0.25) is 0 Å². The van der Waals surface area contributed by atoms with E-state index in [1.165, 1.54) is 32.1 Å².